The molecule has 2 atom stereocenters. The Balaban J connectivity index is 2.64. The van der Waals surface area contributed by atoms with Crippen LogP contribution in [0.25, 0.3) is 0 Å². The summed E-state index contributed by atoms with van der Waals surface area (Å²) < 4.78 is 1.95. The SMILES string of the molecule is CC(O)Cn1ccc(C(C)N)c1. The van der Waals surface area contributed by atoms with Gasteiger partial charge < -0.3 is 15.4 Å². The smallest absolute Gasteiger partial charge is 0.0690 e. The Morgan fingerprint density at radius 1 is 1.58 bits per heavy atom. The number of aliphatic hydroxyl groups excluding tert-OH is 1. The number of aliphatic hydroxyl groups is 1. The van der Waals surface area contributed by atoms with Crippen molar-refractivity contribution in [3.63, 3.8) is 0 Å². The molecule has 0 aromatic carbocycles. The second kappa shape index (κ2) is 3.74. The van der Waals surface area contributed by atoms with Crippen LogP contribution in [0, 0.1) is 0 Å². The predicted octanol–water partition coefficient (Wildman–Crippen LogP) is 0.889. The van der Waals surface area contributed by atoms with Crippen molar-refractivity contribution in [3.05, 3.63) is 24.0 Å². The van der Waals surface area contributed by atoms with E-state index >= 15 is 0 Å². The molecule has 12 heavy (non-hydrogen) atoms. The quantitative estimate of drug-likeness (QED) is 0.704. The molecule has 0 saturated heterocycles. The minimum Gasteiger partial charge on any atom is -0.392 e. The molecule has 1 heterocycles. The number of rotatable bonds is 3. The Bertz CT molecular complexity index is 240. The molecule has 3 heteroatoms. The van der Waals surface area contributed by atoms with Gasteiger partial charge in [0.05, 0.1) is 6.10 Å². The van der Waals surface area contributed by atoms with Crippen molar-refractivity contribution in [1.82, 2.24) is 4.57 Å². The summed E-state index contributed by atoms with van der Waals surface area (Å²) in [5.74, 6) is 0. The third-order valence-electron chi connectivity index (χ3n) is 1.77. The first-order valence-corrected chi connectivity index (χ1v) is 4.19. The molecular weight excluding hydrogens is 152 g/mol. The molecule has 0 spiro atoms. The van der Waals surface area contributed by atoms with Crippen LogP contribution >= 0.6 is 0 Å². The lowest BCUT2D eigenvalue weighted by Gasteiger charge is -2.05. The van der Waals surface area contributed by atoms with Gasteiger partial charge in [-0.1, -0.05) is 0 Å². The van der Waals surface area contributed by atoms with Crippen LogP contribution in [0.5, 0.6) is 0 Å². The normalized spacial score (nSPS) is 16.0. The summed E-state index contributed by atoms with van der Waals surface area (Å²) in [6.45, 7) is 4.35. The van der Waals surface area contributed by atoms with Gasteiger partial charge in [-0.15, -0.1) is 0 Å². The minimum absolute atomic E-state index is 0.0697. The van der Waals surface area contributed by atoms with Crippen molar-refractivity contribution < 1.29 is 5.11 Å². The Morgan fingerprint density at radius 3 is 2.67 bits per heavy atom. The highest BCUT2D eigenvalue weighted by Gasteiger charge is 2.02. The van der Waals surface area contributed by atoms with E-state index in [4.69, 9.17) is 10.8 Å². The number of aromatic nitrogens is 1. The molecule has 68 valence electrons. The highest BCUT2D eigenvalue weighted by molar-refractivity contribution is 5.13. The molecule has 0 aliphatic rings. The second-order valence-corrected chi connectivity index (χ2v) is 3.28. The van der Waals surface area contributed by atoms with Gasteiger partial charge in [-0.25, -0.2) is 0 Å². The maximum absolute atomic E-state index is 9.10. The summed E-state index contributed by atoms with van der Waals surface area (Å²) >= 11 is 0. The van der Waals surface area contributed by atoms with E-state index in [1.807, 2.05) is 30.0 Å². The van der Waals surface area contributed by atoms with Crippen molar-refractivity contribution in [1.29, 1.82) is 0 Å². The van der Waals surface area contributed by atoms with Crippen molar-refractivity contribution >= 4 is 0 Å². The van der Waals surface area contributed by atoms with Gasteiger partial charge in [-0.05, 0) is 25.5 Å². The van der Waals surface area contributed by atoms with Crippen molar-refractivity contribution in [2.75, 3.05) is 0 Å². The van der Waals surface area contributed by atoms with E-state index in [1.54, 1.807) is 6.92 Å². The molecule has 3 N–H and O–H groups in total. The Kier molecular flexibility index (Phi) is 2.89. The van der Waals surface area contributed by atoms with E-state index in [-0.39, 0.29) is 12.1 Å². The molecule has 0 bridgehead atoms. The molecule has 0 amide bonds. The Morgan fingerprint density at radius 2 is 2.25 bits per heavy atom. The number of hydrogen-bond acceptors (Lipinski definition) is 2. The van der Waals surface area contributed by atoms with Gasteiger partial charge in [-0.2, -0.15) is 0 Å². The molecule has 3 nitrogen and oxygen atoms in total. The van der Waals surface area contributed by atoms with Crippen molar-refractivity contribution in [2.45, 2.75) is 32.5 Å². The fraction of sp³-hybridized carbons (Fsp3) is 0.556. The van der Waals surface area contributed by atoms with Crippen molar-refractivity contribution in [3.8, 4) is 0 Å². The maximum Gasteiger partial charge on any atom is 0.0690 e. The minimum atomic E-state index is -0.307. The zero-order valence-electron chi connectivity index (χ0n) is 7.57. The van der Waals surface area contributed by atoms with Crippen LogP contribution < -0.4 is 5.73 Å². The van der Waals surface area contributed by atoms with Gasteiger partial charge in [0.15, 0.2) is 0 Å². The van der Waals surface area contributed by atoms with E-state index in [0.29, 0.717) is 6.54 Å². The Hall–Kier alpha value is -0.800. The molecule has 0 saturated carbocycles. The van der Waals surface area contributed by atoms with Gasteiger partial charge in [0.2, 0.25) is 0 Å². The van der Waals surface area contributed by atoms with Gasteiger partial charge in [0, 0.05) is 25.0 Å². The van der Waals surface area contributed by atoms with Crippen LogP contribution in [0.3, 0.4) is 0 Å². The molecule has 0 radical (unpaired) electrons. The first-order valence-electron chi connectivity index (χ1n) is 4.19. The van der Waals surface area contributed by atoms with Crippen molar-refractivity contribution in [2.24, 2.45) is 5.73 Å². The summed E-state index contributed by atoms with van der Waals surface area (Å²) in [6, 6.07) is 2.05. The van der Waals surface area contributed by atoms with Gasteiger partial charge >= 0.3 is 0 Å². The summed E-state index contributed by atoms with van der Waals surface area (Å²) in [4.78, 5) is 0. The number of nitrogens with two attached hydrogens (primary N) is 1. The van der Waals surface area contributed by atoms with Crippen LogP contribution in [-0.2, 0) is 6.54 Å². The highest BCUT2D eigenvalue weighted by Crippen LogP contribution is 2.09. The standard InChI is InChI=1S/C9H16N2O/c1-7(12)5-11-4-3-9(6-11)8(2)10/h3-4,6-8,12H,5,10H2,1-2H3. The van der Waals surface area contributed by atoms with Crippen LogP contribution in [0.15, 0.2) is 18.5 Å². The van der Waals surface area contributed by atoms with E-state index in [9.17, 15) is 0 Å². The summed E-state index contributed by atoms with van der Waals surface area (Å²) in [5.41, 5.74) is 6.79. The zero-order valence-corrected chi connectivity index (χ0v) is 7.57. The van der Waals surface area contributed by atoms with Gasteiger partial charge in [0.1, 0.15) is 0 Å². The third kappa shape index (κ3) is 2.36. The summed E-state index contributed by atoms with van der Waals surface area (Å²) in [7, 11) is 0. The van der Waals surface area contributed by atoms with E-state index in [2.05, 4.69) is 0 Å². The summed E-state index contributed by atoms with van der Waals surface area (Å²) in [6.07, 6.45) is 3.60. The third-order valence-corrected chi connectivity index (χ3v) is 1.77. The van der Waals surface area contributed by atoms with E-state index in [1.165, 1.54) is 0 Å². The topological polar surface area (TPSA) is 51.2 Å². The lowest BCUT2D eigenvalue weighted by Crippen LogP contribution is -2.10. The highest BCUT2D eigenvalue weighted by atomic mass is 16.3. The molecule has 0 fully saturated rings. The molecular formula is C9H16N2O. The monoisotopic (exact) mass is 168 g/mol. The van der Waals surface area contributed by atoms with E-state index < -0.39 is 0 Å². The lowest BCUT2D eigenvalue weighted by atomic mass is 10.2. The zero-order chi connectivity index (χ0) is 9.14. The fourth-order valence-corrected chi connectivity index (χ4v) is 1.15. The van der Waals surface area contributed by atoms with Crippen LogP contribution in [0.2, 0.25) is 0 Å². The average Bonchev–Trinajstić information content (AvgIpc) is 2.34. The number of nitrogens with zero attached hydrogens (tertiary/aromatic N) is 1. The first kappa shape index (κ1) is 9.29. The second-order valence-electron chi connectivity index (χ2n) is 3.28. The average molecular weight is 168 g/mol. The van der Waals surface area contributed by atoms with Gasteiger partial charge in [-0.3, -0.25) is 0 Å². The van der Waals surface area contributed by atoms with Crippen LogP contribution in [0.4, 0.5) is 0 Å². The molecule has 1 aromatic heterocycles. The van der Waals surface area contributed by atoms with Gasteiger partial charge in [0.25, 0.3) is 0 Å². The molecule has 0 aliphatic carbocycles. The van der Waals surface area contributed by atoms with Crippen LogP contribution in [-0.4, -0.2) is 15.8 Å². The number of hydrogen-bond donors (Lipinski definition) is 2. The largest absolute Gasteiger partial charge is 0.392 e. The molecule has 2 unspecified atom stereocenters. The first-order chi connectivity index (χ1) is 5.59. The van der Waals surface area contributed by atoms with E-state index in [0.717, 1.165) is 5.56 Å². The predicted molar refractivity (Wildman–Crippen MR) is 48.7 cm³/mol. The van der Waals surface area contributed by atoms with Crippen LogP contribution in [0.1, 0.15) is 25.5 Å². The molecule has 1 aromatic rings. The Labute approximate surface area is 72.8 Å². The molecule has 0 aliphatic heterocycles. The lowest BCUT2D eigenvalue weighted by molar-refractivity contribution is 0.173. The summed E-state index contributed by atoms with van der Waals surface area (Å²) in [5, 5.41) is 9.10. The maximum atomic E-state index is 9.10. The fourth-order valence-electron chi connectivity index (χ4n) is 1.15. The molecule has 1 rings (SSSR count).